The van der Waals surface area contributed by atoms with E-state index in [9.17, 15) is 18.0 Å². The van der Waals surface area contributed by atoms with Crippen molar-refractivity contribution in [1.29, 1.82) is 0 Å². The maximum Gasteiger partial charge on any atom is 0.339 e. The van der Waals surface area contributed by atoms with Crippen molar-refractivity contribution in [3.05, 3.63) is 47.2 Å². The van der Waals surface area contributed by atoms with Crippen LogP contribution in [-0.2, 0) is 25.8 Å². The SMILES string of the molecule is Cc1cc(NC(=O)C2(C)Cc3ccccc3C(=O)O2)n(C2CCS(=O)(=O)C2)n1. The largest absolute Gasteiger partial charge is 0.445 e. The smallest absolute Gasteiger partial charge is 0.339 e. The van der Waals surface area contributed by atoms with Crippen molar-refractivity contribution in [2.75, 3.05) is 16.8 Å². The third kappa shape index (κ3) is 3.30. The number of nitrogens with one attached hydrogen (secondary N) is 1. The van der Waals surface area contributed by atoms with Crippen molar-refractivity contribution in [3.8, 4) is 0 Å². The van der Waals surface area contributed by atoms with E-state index in [1.54, 1.807) is 42.8 Å². The van der Waals surface area contributed by atoms with Crippen molar-refractivity contribution in [2.45, 2.75) is 38.3 Å². The maximum absolute atomic E-state index is 13.0. The van der Waals surface area contributed by atoms with Crippen molar-refractivity contribution in [1.82, 2.24) is 9.78 Å². The normalized spacial score (nSPS) is 25.8. The zero-order chi connectivity index (χ0) is 20.1. The molecule has 2 atom stereocenters. The number of cyclic esters (lactones) is 1. The van der Waals surface area contributed by atoms with Gasteiger partial charge in [-0.15, -0.1) is 0 Å². The molecule has 3 heterocycles. The van der Waals surface area contributed by atoms with Gasteiger partial charge in [0.25, 0.3) is 5.91 Å². The van der Waals surface area contributed by atoms with Gasteiger partial charge in [0.2, 0.25) is 0 Å². The minimum absolute atomic E-state index is 0.00335. The number of aryl methyl sites for hydroxylation is 1. The lowest BCUT2D eigenvalue weighted by molar-refractivity contribution is -0.134. The van der Waals surface area contributed by atoms with Crippen LogP contribution in [-0.4, -0.2) is 47.2 Å². The third-order valence-corrected chi connectivity index (χ3v) is 6.97. The highest BCUT2D eigenvalue weighted by molar-refractivity contribution is 7.91. The van der Waals surface area contributed by atoms with Crippen LogP contribution in [0.3, 0.4) is 0 Å². The predicted octanol–water partition coefficient (Wildman–Crippen LogP) is 1.66. The Hall–Kier alpha value is -2.68. The molecule has 2 aromatic rings. The number of ether oxygens (including phenoxy) is 1. The van der Waals surface area contributed by atoms with E-state index in [1.807, 2.05) is 6.07 Å². The fourth-order valence-electron chi connectivity index (χ4n) is 3.76. The van der Waals surface area contributed by atoms with Crippen molar-refractivity contribution in [2.24, 2.45) is 0 Å². The van der Waals surface area contributed by atoms with Gasteiger partial charge in [0.1, 0.15) is 5.82 Å². The summed E-state index contributed by atoms with van der Waals surface area (Å²) in [5, 5.41) is 7.15. The van der Waals surface area contributed by atoms with E-state index >= 15 is 0 Å². The van der Waals surface area contributed by atoms with Crippen molar-refractivity contribution >= 4 is 27.5 Å². The number of aromatic nitrogens is 2. The van der Waals surface area contributed by atoms with Gasteiger partial charge in [0.05, 0.1) is 28.8 Å². The highest BCUT2D eigenvalue weighted by atomic mass is 32.2. The molecule has 2 aliphatic heterocycles. The predicted molar refractivity (Wildman–Crippen MR) is 102 cm³/mol. The molecule has 1 aromatic carbocycles. The summed E-state index contributed by atoms with van der Waals surface area (Å²) in [6.07, 6.45) is 0.706. The summed E-state index contributed by atoms with van der Waals surface area (Å²) in [5.41, 5.74) is 0.513. The highest BCUT2D eigenvalue weighted by Gasteiger charge is 2.43. The summed E-state index contributed by atoms with van der Waals surface area (Å²) < 4.78 is 30.7. The van der Waals surface area contributed by atoms with Crippen LogP contribution in [0.25, 0.3) is 0 Å². The molecule has 28 heavy (non-hydrogen) atoms. The number of hydrogen-bond acceptors (Lipinski definition) is 6. The number of carbonyl (C=O) groups excluding carboxylic acids is 2. The Bertz CT molecular complexity index is 1070. The fourth-order valence-corrected chi connectivity index (χ4v) is 5.46. The molecule has 0 spiro atoms. The molecule has 4 rings (SSSR count). The van der Waals surface area contributed by atoms with Crippen LogP contribution in [0.1, 0.15) is 41.0 Å². The van der Waals surface area contributed by atoms with Crippen molar-refractivity contribution in [3.63, 3.8) is 0 Å². The first-order valence-electron chi connectivity index (χ1n) is 9.06. The Balaban J connectivity index is 1.59. The number of rotatable bonds is 3. The number of carbonyl (C=O) groups is 2. The standard InChI is InChI=1S/C19H21N3O5S/c1-12-9-16(22(21-12)14-7-8-28(25,26)11-14)20-18(24)19(2)10-13-5-3-4-6-15(13)17(23)27-19/h3-6,9,14H,7-8,10-11H2,1-2H3,(H,20,24). The first kappa shape index (κ1) is 18.7. The van der Waals surface area contributed by atoms with Crippen LogP contribution in [0, 0.1) is 6.92 Å². The van der Waals surface area contributed by atoms with Gasteiger partial charge in [-0.1, -0.05) is 18.2 Å². The van der Waals surface area contributed by atoms with E-state index in [0.717, 1.165) is 5.56 Å². The highest BCUT2D eigenvalue weighted by Crippen LogP contribution is 2.31. The Morgan fingerprint density at radius 3 is 2.82 bits per heavy atom. The van der Waals surface area contributed by atoms with E-state index in [1.165, 1.54) is 0 Å². The number of benzene rings is 1. The quantitative estimate of drug-likeness (QED) is 0.781. The molecule has 2 aliphatic rings. The van der Waals surface area contributed by atoms with E-state index in [2.05, 4.69) is 10.4 Å². The Morgan fingerprint density at radius 1 is 1.36 bits per heavy atom. The number of amides is 1. The van der Waals surface area contributed by atoms with Gasteiger partial charge < -0.3 is 10.1 Å². The minimum Gasteiger partial charge on any atom is -0.445 e. The fraction of sp³-hybridized carbons (Fsp3) is 0.421. The number of nitrogens with zero attached hydrogens (tertiary/aromatic N) is 2. The Morgan fingerprint density at radius 2 is 2.11 bits per heavy atom. The van der Waals surface area contributed by atoms with Gasteiger partial charge in [0.15, 0.2) is 15.4 Å². The first-order chi connectivity index (χ1) is 13.2. The number of esters is 1. The molecular formula is C19H21N3O5S. The summed E-state index contributed by atoms with van der Waals surface area (Å²) >= 11 is 0. The molecule has 148 valence electrons. The first-order valence-corrected chi connectivity index (χ1v) is 10.9. The molecule has 1 amide bonds. The molecule has 0 saturated carbocycles. The number of hydrogen-bond donors (Lipinski definition) is 1. The molecule has 1 N–H and O–H groups in total. The second-order valence-electron chi connectivity index (χ2n) is 7.58. The second-order valence-corrected chi connectivity index (χ2v) is 9.81. The van der Waals surface area contributed by atoms with Crippen LogP contribution in [0.15, 0.2) is 30.3 Å². The third-order valence-electron chi connectivity index (χ3n) is 5.22. The van der Waals surface area contributed by atoms with Gasteiger partial charge in [-0.25, -0.2) is 17.9 Å². The van der Waals surface area contributed by atoms with Crippen LogP contribution in [0.4, 0.5) is 5.82 Å². The summed E-state index contributed by atoms with van der Waals surface area (Å²) in [5.74, 6) is -0.503. The average Bonchev–Trinajstić information content (AvgIpc) is 3.16. The lowest BCUT2D eigenvalue weighted by Gasteiger charge is -2.33. The molecule has 0 radical (unpaired) electrons. The van der Waals surface area contributed by atoms with Gasteiger partial charge >= 0.3 is 5.97 Å². The number of anilines is 1. The van der Waals surface area contributed by atoms with Gasteiger partial charge in [-0.2, -0.15) is 5.10 Å². The average molecular weight is 403 g/mol. The Kier molecular flexibility index (Phi) is 4.29. The van der Waals surface area contributed by atoms with Gasteiger partial charge in [-0.3, -0.25) is 4.79 Å². The lowest BCUT2D eigenvalue weighted by atomic mass is 9.89. The molecule has 2 unspecified atom stereocenters. The van der Waals surface area contributed by atoms with Gasteiger partial charge in [0, 0.05) is 12.5 Å². The summed E-state index contributed by atoms with van der Waals surface area (Å²) in [6.45, 7) is 3.35. The molecule has 9 heteroatoms. The van der Waals surface area contributed by atoms with Gasteiger partial charge in [-0.05, 0) is 31.9 Å². The number of sulfone groups is 1. The summed E-state index contributed by atoms with van der Waals surface area (Å²) in [7, 11) is -3.10. The zero-order valence-electron chi connectivity index (χ0n) is 15.6. The monoisotopic (exact) mass is 403 g/mol. The van der Waals surface area contributed by atoms with E-state index in [-0.39, 0.29) is 24.0 Å². The maximum atomic E-state index is 13.0. The Labute approximate surface area is 162 Å². The molecule has 0 bridgehead atoms. The van der Waals surface area contributed by atoms with Crippen LogP contribution < -0.4 is 5.32 Å². The number of fused-ring (bicyclic) bond motifs is 1. The zero-order valence-corrected chi connectivity index (χ0v) is 16.5. The van der Waals surface area contributed by atoms with E-state index in [0.29, 0.717) is 23.5 Å². The van der Waals surface area contributed by atoms with Crippen LogP contribution in [0.5, 0.6) is 0 Å². The van der Waals surface area contributed by atoms with Crippen LogP contribution >= 0.6 is 0 Å². The topological polar surface area (TPSA) is 107 Å². The van der Waals surface area contributed by atoms with E-state index in [4.69, 9.17) is 4.74 Å². The minimum atomic E-state index is -3.10. The molecular weight excluding hydrogens is 382 g/mol. The second kappa shape index (κ2) is 6.44. The van der Waals surface area contributed by atoms with Crippen LogP contribution in [0.2, 0.25) is 0 Å². The molecule has 1 aromatic heterocycles. The molecule has 0 aliphatic carbocycles. The molecule has 1 saturated heterocycles. The van der Waals surface area contributed by atoms with Crippen molar-refractivity contribution < 1.29 is 22.7 Å². The lowest BCUT2D eigenvalue weighted by Crippen LogP contribution is -2.49. The summed E-state index contributed by atoms with van der Waals surface area (Å²) in [6, 6.07) is 8.41. The molecule has 1 fully saturated rings. The summed E-state index contributed by atoms with van der Waals surface area (Å²) in [4.78, 5) is 25.3. The van der Waals surface area contributed by atoms with E-state index < -0.39 is 27.3 Å². The molecule has 8 nitrogen and oxygen atoms in total.